The number of rotatable bonds is 10. The molecule has 0 unspecified atom stereocenters. The van der Waals surface area contributed by atoms with Crippen molar-refractivity contribution in [1.82, 2.24) is 4.90 Å². The minimum Gasteiger partial charge on any atom is -0.461 e. The summed E-state index contributed by atoms with van der Waals surface area (Å²) in [6.45, 7) is 10.7. The predicted octanol–water partition coefficient (Wildman–Crippen LogP) is 3.00. The van der Waals surface area contributed by atoms with Crippen molar-refractivity contribution in [3.8, 4) is 0 Å². The average molecular weight is 304 g/mol. The number of likely N-dealkylation sites (N-methyl/N-ethyl adjacent to an activating group) is 1. The summed E-state index contributed by atoms with van der Waals surface area (Å²) >= 11 is 5.62. The van der Waals surface area contributed by atoms with Gasteiger partial charge in [-0.05, 0) is 25.7 Å². The fraction of sp³-hybridized carbons (Fsp3) is 0.733. The smallest absolute Gasteiger partial charge is 0.306 e. The summed E-state index contributed by atoms with van der Waals surface area (Å²) < 4.78 is 5.05. The molecule has 4 nitrogen and oxygen atoms in total. The summed E-state index contributed by atoms with van der Waals surface area (Å²) in [5.74, 6) is 0.396. The van der Waals surface area contributed by atoms with Gasteiger partial charge in [-0.3, -0.25) is 9.59 Å². The highest BCUT2D eigenvalue weighted by Gasteiger charge is 2.16. The Bertz CT molecular complexity index is 329. The number of alkyl halides is 1. The van der Waals surface area contributed by atoms with Crippen molar-refractivity contribution in [3.63, 3.8) is 0 Å². The van der Waals surface area contributed by atoms with Crippen molar-refractivity contribution in [2.45, 2.75) is 40.0 Å². The molecule has 0 spiro atoms. The molecule has 0 bridgehead atoms. The second kappa shape index (κ2) is 10.7. The van der Waals surface area contributed by atoms with E-state index in [0.29, 0.717) is 31.0 Å². The third kappa shape index (κ3) is 8.20. The van der Waals surface area contributed by atoms with Gasteiger partial charge in [0.15, 0.2) is 0 Å². The Morgan fingerprint density at radius 1 is 1.30 bits per heavy atom. The van der Waals surface area contributed by atoms with Crippen molar-refractivity contribution in [1.29, 1.82) is 0 Å². The topological polar surface area (TPSA) is 46.6 Å². The van der Waals surface area contributed by atoms with Crippen LogP contribution in [0.25, 0.3) is 0 Å². The van der Waals surface area contributed by atoms with E-state index in [4.69, 9.17) is 16.3 Å². The first-order valence-electron chi connectivity index (χ1n) is 7.11. The molecule has 0 saturated carbocycles. The third-order valence-corrected chi connectivity index (χ3v) is 3.03. The summed E-state index contributed by atoms with van der Waals surface area (Å²) in [5, 5.41) is 0. The highest BCUT2D eigenvalue weighted by atomic mass is 35.5. The van der Waals surface area contributed by atoms with Crippen molar-refractivity contribution >= 4 is 23.5 Å². The van der Waals surface area contributed by atoms with Crippen LogP contribution in [-0.4, -0.2) is 42.4 Å². The van der Waals surface area contributed by atoms with Crippen LogP contribution in [0.1, 0.15) is 40.0 Å². The number of ether oxygens (including phenoxy) is 1. The lowest BCUT2D eigenvalue weighted by molar-refractivity contribution is -0.144. The van der Waals surface area contributed by atoms with Crippen LogP contribution in [0.4, 0.5) is 0 Å². The van der Waals surface area contributed by atoms with Gasteiger partial charge in [0.2, 0.25) is 0 Å². The lowest BCUT2D eigenvalue weighted by Crippen LogP contribution is -2.34. The molecule has 0 saturated heterocycles. The molecule has 0 rings (SSSR count). The van der Waals surface area contributed by atoms with E-state index in [2.05, 4.69) is 6.58 Å². The first-order valence-corrected chi connectivity index (χ1v) is 7.64. The van der Waals surface area contributed by atoms with Gasteiger partial charge in [0, 0.05) is 31.0 Å². The quantitative estimate of drug-likeness (QED) is 0.270. The van der Waals surface area contributed by atoms with Crippen molar-refractivity contribution in [2.75, 3.05) is 25.6 Å². The Labute approximate surface area is 127 Å². The van der Waals surface area contributed by atoms with Gasteiger partial charge in [0.1, 0.15) is 6.61 Å². The number of amides is 1. The highest BCUT2D eigenvalue weighted by Crippen LogP contribution is 2.06. The van der Waals surface area contributed by atoms with Crippen molar-refractivity contribution in [2.24, 2.45) is 5.92 Å². The monoisotopic (exact) mass is 303 g/mol. The molecule has 0 fully saturated rings. The number of unbranched alkanes of at least 4 members (excludes halogenated alkanes) is 1. The van der Waals surface area contributed by atoms with Gasteiger partial charge < -0.3 is 9.64 Å². The molecule has 0 aliphatic heterocycles. The van der Waals surface area contributed by atoms with Crippen LogP contribution in [0.3, 0.4) is 0 Å². The molecule has 0 radical (unpaired) electrons. The maximum atomic E-state index is 12.1. The number of hydrogen-bond acceptors (Lipinski definition) is 3. The predicted molar refractivity (Wildman–Crippen MR) is 81.8 cm³/mol. The second-order valence-corrected chi connectivity index (χ2v) is 5.52. The normalized spacial score (nSPS) is 10.4. The molecule has 0 aromatic rings. The molecule has 0 atom stereocenters. The molecule has 0 N–H and O–H groups in total. The maximum Gasteiger partial charge on any atom is 0.306 e. The average Bonchev–Trinajstić information content (AvgIpc) is 2.39. The zero-order valence-corrected chi connectivity index (χ0v) is 13.5. The van der Waals surface area contributed by atoms with Crippen LogP contribution < -0.4 is 0 Å². The number of carbonyl (C=O) groups excluding carboxylic acids is 2. The number of esters is 1. The van der Waals surface area contributed by atoms with Gasteiger partial charge in [0.05, 0.1) is 0 Å². The fourth-order valence-corrected chi connectivity index (χ4v) is 1.83. The third-order valence-electron chi connectivity index (χ3n) is 2.77. The van der Waals surface area contributed by atoms with Crippen LogP contribution >= 0.6 is 11.6 Å². The van der Waals surface area contributed by atoms with Crippen LogP contribution in [0.15, 0.2) is 12.2 Å². The van der Waals surface area contributed by atoms with E-state index >= 15 is 0 Å². The largest absolute Gasteiger partial charge is 0.461 e. The van der Waals surface area contributed by atoms with E-state index in [1.165, 1.54) is 0 Å². The van der Waals surface area contributed by atoms with Gasteiger partial charge in [-0.2, -0.15) is 0 Å². The lowest BCUT2D eigenvalue weighted by atomic mass is 10.1. The summed E-state index contributed by atoms with van der Waals surface area (Å²) in [7, 11) is 0. The Balaban J connectivity index is 4.17. The Morgan fingerprint density at radius 2 is 1.95 bits per heavy atom. The molecule has 0 aliphatic rings. The lowest BCUT2D eigenvalue weighted by Gasteiger charge is -2.21. The minimum atomic E-state index is -0.292. The summed E-state index contributed by atoms with van der Waals surface area (Å²) in [5.41, 5.74) is 0.315. The standard InChI is InChI=1S/C15H26ClNO3/c1-5-17(9-7-6-8-16)15(19)13(4)11-20-14(18)10-12(2)3/h12H,4-11H2,1-3H3. The van der Waals surface area contributed by atoms with Crippen molar-refractivity contribution < 1.29 is 14.3 Å². The highest BCUT2D eigenvalue weighted by molar-refractivity contribution is 6.17. The molecule has 0 aromatic carbocycles. The van der Waals surface area contributed by atoms with E-state index in [9.17, 15) is 9.59 Å². The first kappa shape index (κ1) is 19.0. The van der Waals surface area contributed by atoms with E-state index in [0.717, 1.165) is 12.8 Å². The van der Waals surface area contributed by atoms with Crippen LogP contribution in [-0.2, 0) is 14.3 Å². The van der Waals surface area contributed by atoms with E-state index in [1.807, 2.05) is 20.8 Å². The summed E-state index contributed by atoms with van der Waals surface area (Å²) in [6, 6.07) is 0. The van der Waals surface area contributed by atoms with E-state index in [1.54, 1.807) is 4.90 Å². The second-order valence-electron chi connectivity index (χ2n) is 5.14. The SMILES string of the molecule is C=C(COC(=O)CC(C)C)C(=O)N(CC)CCCCCl. The van der Waals surface area contributed by atoms with E-state index < -0.39 is 0 Å². The molecule has 0 heterocycles. The number of carbonyl (C=O) groups is 2. The molecule has 0 aromatic heterocycles. The van der Waals surface area contributed by atoms with Gasteiger partial charge >= 0.3 is 5.97 Å². The molecule has 1 amide bonds. The fourth-order valence-electron chi connectivity index (χ4n) is 1.65. The first-order chi connectivity index (χ1) is 9.42. The molecule has 116 valence electrons. The summed E-state index contributed by atoms with van der Waals surface area (Å²) in [6.07, 6.45) is 2.10. The number of hydrogen-bond donors (Lipinski definition) is 0. The molecular weight excluding hydrogens is 278 g/mol. The van der Waals surface area contributed by atoms with Gasteiger partial charge in [-0.15, -0.1) is 11.6 Å². The van der Waals surface area contributed by atoms with Crippen LogP contribution in [0.2, 0.25) is 0 Å². The molecule has 5 heteroatoms. The Kier molecular flexibility index (Phi) is 10.2. The Hall–Kier alpha value is -1.03. The van der Waals surface area contributed by atoms with Gasteiger partial charge in [-0.25, -0.2) is 0 Å². The van der Waals surface area contributed by atoms with Crippen LogP contribution in [0, 0.1) is 5.92 Å². The zero-order chi connectivity index (χ0) is 15.5. The van der Waals surface area contributed by atoms with Crippen LogP contribution in [0.5, 0.6) is 0 Å². The van der Waals surface area contributed by atoms with Gasteiger partial charge in [0.25, 0.3) is 5.91 Å². The maximum absolute atomic E-state index is 12.1. The molecule has 0 aliphatic carbocycles. The molecule has 20 heavy (non-hydrogen) atoms. The number of nitrogens with zero attached hydrogens (tertiary/aromatic N) is 1. The van der Waals surface area contributed by atoms with E-state index in [-0.39, 0.29) is 24.4 Å². The number of halogens is 1. The Morgan fingerprint density at radius 3 is 2.45 bits per heavy atom. The molecular formula is C15H26ClNO3. The minimum absolute atomic E-state index is 0.0314. The summed E-state index contributed by atoms with van der Waals surface area (Å²) in [4.78, 5) is 25.2. The van der Waals surface area contributed by atoms with Gasteiger partial charge in [-0.1, -0.05) is 20.4 Å². The zero-order valence-electron chi connectivity index (χ0n) is 12.8. The van der Waals surface area contributed by atoms with Crippen molar-refractivity contribution in [3.05, 3.63) is 12.2 Å².